The average Bonchev–Trinajstić information content (AvgIpc) is 2.90. The number of anilines is 1. The highest BCUT2D eigenvalue weighted by Crippen LogP contribution is 2.21. The van der Waals surface area contributed by atoms with E-state index in [9.17, 15) is 9.18 Å². The molecule has 0 radical (unpaired) electrons. The fourth-order valence-electron chi connectivity index (χ4n) is 1.86. The van der Waals surface area contributed by atoms with Crippen molar-refractivity contribution in [1.82, 2.24) is 10.3 Å². The molecule has 0 saturated carbocycles. The third-order valence-corrected chi connectivity index (χ3v) is 3.91. The predicted octanol–water partition coefficient (Wildman–Crippen LogP) is 3.51. The van der Waals surface area contributed by atoms with Gasteiger partial charge >= 0.3 is 0 Å². The lowest BCUT2D eigenvalue weighted by molar-refractivity contribution is 0.102. The number of aryl methyl sites for hydroxylation is 1. The zero-order valence-electron chi connectivity index (χ0n) is 12.2. The van der Waals surface area contributed by atoms with Crippen molar-refractivity contribution in [2.24, 2.45) is 0 Å². The van der Waals surface area contributed by atoms with Crippen LogP contribution in [0, 0.1) is 12.7 Å². The van der Waals surface area contributed by atoms with E-state index in [2.05, 4.69) is 15.6 Å². The number of thiazole rings is 1. The van der Waals surface area contributed by atoms with Gasteiger partial charge < -0.3 is 5.32 Å². The Morgan fingerprint density at radius 1 is 1.48 bits per heavy atom. The minimum Gasteiger partial charge on any atom is -0.309 e. The van der Waals surface area contributed by atoms with Gasteiger partial charge in [0.1, 0.15) is 5.82 Å². The van der Waals surface area contributed by atoms with Crippen LogP contribution >= 0.6 is 11.3 Å². The van der Waals surface area contributed by atoms with Gasteiger partial charge in [-0.2, -0.15) is 0 Å². The van der Waals surface area contributed by atoms with E-state index in [0.717, 1.165) is 12.2 Å². The second-order valence-electron chi connectivity index (χ2n) is 4.77. The molecule has 0 aliphatic heterocycles. The fraction of sp³-hybridized carbons (Fsp3) is 0.333. The molecule has 2 N–H and O–H groups in total. The van der Waals surface area contributed by atoms with Crippen LogP contribution in [0.2, 0.25) is 0 Å². The van der Waals surface area contributed by atoms with Gasteiger partial charge in [-0.3, -0.25) is 10.1 Å². The Hall–Kier alpha value is -1.79. The maximum atomic E-state index is 13.5. The maximum absolute atomic E-state index is 13.5. The zero-order chi connectivity index (χ0) is 15.4. The summed E-state index contributed by atoms with van der Waals surface area (Å²) in [6.07, 6.45) is 0. The minimum atomic E-state index is -0.386. The smallest absolute Gasteiger partial charge is 0.257 e. The SMILES string of the molecule is CCNC(C)c1csc(NC(=O)c2ccc(C)c(F)c2)n1. The van der Waals surface area contributed by atoms with Gasteiger partial charge in [0.15, 0.2) is 5.13 Å². The van der Waals surface area contributed by atoms with Crippen molar-refractivity contribution in [1.29, 1.82) is 0 Å². The van der Waals surface area contributed by atoms with Crippen LogP contribution in [0.3, 0.4) is 0 Å². The van der Waals surface area contributed by atoms with Crippen molar-refractivity contribution in [2.45, 2.75) is 26.8 Å². The summed E-state index contributed by atoms with van der Waals surface area (Å²) in [6, 6.07) is 4.56. The Morgan fingerprint density at radius 2 is 2.24 bits per heavy atom. The summed E-state index contributed by atoms with van der Waals surface area (Å²) in [5.74, 6) is -0.742. The van der Waals surface area contributed by atoms with Crippen molar-refractivity contribution in [2.75, 3.05) is 11.9 Å². The number of carbonyl (C=O) groups excluding carboxylic acids is 1. The first-order valence-corrected chi connectivity index (χ1v) is 7.65. The molecule has 0 bridgehead atoms. The number of nitrogens with one attached hydrogen (secondary N) is 2. The molecular weight excluding hydrogens is 289 g/mol. The highest BCUT2D eigenvalue weighted by molar-refractivity contribution is 7.14. The standard InChI is InChI=1S/C15H18FN3OS/c1-4-17-10(3)13-8-21-15(18-13)19-14(20)11-6-5-9(2)12(16)7-11/h5-8,10,17H,4H2,1-3H3,(H,18,19,20). The van der Waals surface area contributed by atoms with Crippen molar-refractivity contribution < 1.29 is 9.18 Å². The van der Waals surface area contributed by atoms with E-state index in [1.165, 1.54) is 17.4 Å². The number of amides is 1. The minimum absolute atomic E-state index is 0.133. The monoisotopic (exact) mass is 307 g/mol. The largest absolute Gasteiger partial charge is 0.309 e. The van der Waals surface area contributed by atoms with Gasteiger partial charge in [0.05, 0.1) is 5.69 Å². The summed E-state index contributed by atoms with van der Waals surface area (Å²) in [4.78, 5) is 16.4. The molecule has 2 rings (SSSR count). The maximum Gasteiger partial charge on any atom is 0.257 e. The second kappa shape index (κ2) is 6.78. The lowest BCUT2D eigenvalue weighted by Crippen LogP contribution is -2.18. The van der Waals surface area contributed by atoms with Gasteiger partial charge in [-0.05, 0) is 38.1 Å². The molecule has 0 spiro atoms. The van der Waals surface area contributed by atoms with Crippen LogP contribution in [0.15, 0.2) is 23.6 Å². The highest BCUT2D eigenvalue weighted by atomic mass is 32.1. The molecule has 1 heterocycles. The van der Waals surface area contributed by atoms with Crippen molar-refractivity contribution in [3.63, 3.8) is 0 Å². The van der Waals surface area contributed by atoms with E-state index < -0.39 is 0 Å². The average molecular weight is 307 g/mol. The summed E-state index contributed by atoms with van der Waals surface area (Å²) in [7, 11) is 0. The Labute approximate surface area is 127 Å². The highest BCUT2D eigenvalue weighted by Gasteiger charge is 2.13. The lowest BCUT2D eigenvalue weighted by Gasteiger charge is -2.08. The lowest BCUT2D eigenvalue weighted by atomic mass is 10.1. The predicted molar refractivity (Wildman–Crippen MR) is 83.3 cm³/mol. The van der Waals surface area contributed by atoms with E-state index >= 15 is 0 Å². The molecule has 1 aromatic carbocycles. The molecule has 0 aliphatic carbocycles. The van der Waals surface area contributed by atoms with Gasteiger partial charge in [0, 0.05) is 17.0 Å². The van der Waals surface area contributed by atoms with Crippen LogP contribution in [0.25, 0.3) is 0 Å². The van der Waals surface area contributed by atoms with E-state index in [1.54, 1.807) is 19.1 Å². The number of halogens is 1. The Morgan fingerprint density at radius 3 is 2.90 bits per heavy atom. The molecule has 6 heteroatoms. The number of nitrogens with zero attached hydrogens (tertiary/aromatic N) is 1. The van der Waals surface area contributed by atoms with E-state index in [4.69, 9.17) is 0 Å². The summed E-state index contributed by atoms with van der Waals surface area (Å²) in [5, 5.41) is 8.37. The molecule has 0 aliphatic rings. The van der Waals surface area contributed by atoms with Gasteiger partial charge in [0.25, 0.3) is 5.91 Å². The quantitative estimate of drug-likeness (QED) is 0.888. The molecule has 112 valence electrons. The third-order valence-electron chi connectivity index (χ3n) is 3.13. The van der Waals surface area contributed by atoms with Crippen molar-refractivity contribution in [3.8, 4) is 0 Å². The molecule has 21 heavy (non-hydrogen) atoms. The summed E-state index contributed by atoms with van der Waals surface area (Å²) in [5.41, 5.74) is 1.68. The van der Waals surface area contributed by atoms with Crippen LogP contribution in [0.4, 0.5) is 9.52 Å². The number of aromatic nitrogens is 1. The number of carbonyl (C=O) groups is 1. The second-order valence-corrected chi connectivity index (χ2v) is 5.63. The Kier molecular flexibility index (Phi) is 5.03. The fourth-order valence-corrected chi connectivity index (χ4v) is 2.66. The number of hydrogen-bond acceptors (Lipinski definition) is 4. The molecule has 1 aromatic heterocycles. The zero-order valence-corrected chi connectivity index (χ0v) is 13.1. The van der Waals surface area contributed by atoms with E-state index in [0.29, 0.717) is 10.7 Å². The number of benzene rings is 1. The van der Waals surface area contributed by atoms with Crippen LogP contribution in [-0.2, 0) is 0 Å². The Balaban J connectivity index is 2.07. The van der Waals surface area contributed by atoms with Crippen molar-refractivity contribution in [3.05, 3.63) is 46.2 Å². The van der Waals surface area contributed by atoms with Gasteiger partial charge in [0.2, 0.25) is 0 Å². The summed E-state index contributed by atoms with van der Waals surface area (Å²) in [6.45, 7) is 6.55. The van der Waals surface area contributed by atoms with Gasteiger partial charge in [-0.1, -0.05) is 13.0 Å². The van der Waals surface area contributed by atoms with E-state index in [1.807, 2.05) is 19.2 Å². The first-order valence-electron chi connectivity index (χ1n) is 6.77. The van der Waals surface area contributed by atoms with Crippen LogP contribution in [-0.4, -0.2) is 17.4 Å². The van der Waals surface area contributed by atoms with Gasteiger partial charge in [-0.15, -0.1) is 11.3 Å². The molecule has 1 amide bonds. The first kappa shape index (κ1) is 15.6. The molecule has 0 saturated heterocycles. The van der Waals surface area contributed by atoms with Crippen LogP contribution < -0.4 is 10.6 Å². The topological polar surface area (TPSA) is 54.0 Å². The molecule has 0 fully saturated rings. The first-order chi connectivity index (χ1) is 10.0. The molecule has 1 unspecified atom stereocenters. The molecule has 1 atom stereocenters. The molecule has 4 nitrogen and oxygen atoms in total. The summed E-state index contributed by atoms with van der Waals surface area (Å²) >= 11 is 1.36. The van der Waals surface area contributed by atoms with Gasteiger partial charge in [-0.25, -0.2) is 9.37 Å². The van der Waals surface area contributed by atoms with Crippen molar-refractivity contribution >= 4 is 22.4 Å². The number of rotatable bonds is 5. The van der Waals surface area contributed by atoms with E-state index in [-0.39, 0.29) is 23.3 Å². The summed E-state index contributed by atoms with van der Waals surface area (Å²) < 4.78 is 13.5. The Bertz CT molecular complexity index is 642. The normalized spacial score (nSPS) is 12.2. The number of hydrogen-bond donors (Lipinski definition) is 2. The third kappa shape index (κ3) is 3.86. The molecule has 2 aromatic rings. The van der Waals surface area contributed by atoms with Crippen LogP contribution in [0.1, 0.15) is 41.5 Å². The molecular formula is C15H18FN3OS. The van der Waals surface area contributed by atoms with Crippen LogP contribution in [0.5, 0.6) is 0 Å².